The molecule has 1 aromatic rings. The molecule has 0 spiro atoms. The molecule has 4 nitrogen and oxygen atoms in total. The van der Waals surface area contributed by atoms with Gasteiger partial charge in [0.1, 0.15) is 5.82 Å². The number of hydrogen-bond acceptors (Lipinski definition) is 3. The lowest BCUT2D eigenvalue weighted by molar-refractivity contribution is -0.135. The molecule has 0 bridgehead atoms. The Bertz CT molecular complexity index is 427. The zero-order chi connectivity index (χ0) is 13.8. The van der Waals surface area contributed by atoms with Crippen molar-refractivity contribution in [3.05, 3.63) is 23.4 Å². The Morgan fingerprint density at radius 1 is 1.37 bits per heavy atom. The van der Waals surface area contributed by atoms with Crippen LogP contribution in [-0.2, 0) is 4.79 Å². The van der Waals surface area contributed by atoms with E-state index in [4.69, 9.17) is 11.6 Å². The van der Waals surface area contributed by atoms with E-state index in [1.165, 1.54) is 0 Å². The zero-order valence-corrected chi connectivity index (χ0v) is 12.2. The van der Waals surface area contributed by atoms with Gasteiger partial charge in [0, 0.05) is 38.3 Å². The highest BCUT2D eigenvalue weighted by molar-refractivity contribution is 6.30. The van der Waals surface area contributed by atoms with E-state index in [0.717, 1.165) is 38.4 Å². The largest absolute Gasteiger partial charge is 0.353 e. The highest BCUT2D eigenvalue weighted by Gasteiger charge is 2.24. The van der Waals surface area contributed by atoms with Crippen molar-refractivity contribution in [1.82, 2.24) is 9.88 Å². The lowest BCUT2D eigenvalue weighted by Gasteiger charge is -2.36. The van der Waals surface area contributed by atoms with Crippen molar-refractivity contribution in [2.75, 3.05) is 31.1 Å². The van der Waals surface area contributed by atoms with Gasteiger partial charge in [-0.05, 0) is 18.6 Å². The van der Waals surface area contributed by atoms with Crippen LogP contribution in [0.5, 0.6) is 0 Å². The van der Waals surface area contributed by atoms with Crippen molar-refractivity contribution < 1.29 is 4.79 Å². The number of piperazine rings is 1. The summed E-state index contributed by atoms with van der Waals surface area (Å²) < 4.78 is 0. The Morgan fingerprint density at radius 3 is 2.58 bits per heavy atom. The number of nitrogens with zero attached hydrogens (tertiary/aromatic N) is 3. The topological polar surface area (TPSA) is 36.4 Å². The second kappa shape index (κ2) is 6.24. The molecule has 104 valence electrons. The van der Waals surface area contributed by atoms with Gasteiger partial charge in [-0.2, -0.15) is 0 Å². The van der Waals surface area contributed by atoms with E-state index < -0.39 is 0 Å². The molecule has 0 N–H and O–H groups in total. The second-order valence-electron chi connectivity index (χ2n) is 4.96. The van der Waals surface area contributed by atoms with E-state index in [1.54, 1.807) is 6.20 Å². The summed E-state index contributed by atoms with van der Waals surface area (Å²) >= 11 is 5.83. The van der Waals surface area contributed by atoms with Crippen LogP contribution in [0.3, 0.4) is 0 Å². The average molecular weight is 282 g/mol. The maximum absolute atomic E-state index is 12.1. The third-order valence-corrected chi connectivity index (χ3v) is 3.88. The van der Waals surface area contributed by atoms with Gasteiger partial charge >= 0.3 is 0 Å². The number of pyridine rings is 1. The molecule has 1 unspecified atom stereocenters. The second-order valence-corrected chi connectivity index (χ2v) is 5.39. The summed E-state index contributed by atoms with van der Waals surface area (Å²) in [6.45, 7) is 7.25. The number of aromatic nitrogens is 1. The Balaban J connectivity index is 1.92. The summed E-state index contributed by atoms with van der Waals surface area (Å²) in [5, 5.41) is 0.648. The van der Waals surface area contributed by atoms with Gasteiger partial charge in [0.25, 0.3) is 0 Å². The molecule has 1 aromatic heterocycles. The molecule has 5 heteroatoms. The van der Waals surface area contributed by atoms with Crippen molar-refractivity contribution in [3.63, 3.8) is 0 Å². The van der Waals surface area contributed by atoms with Crippen molar-refractivity contribution in [1.29, 1.82) is 0 Å². The molecule has 2 rings (SSSR count). The maximum Gasteiger partial charge on any atom is 0.225 e. The molecular weight excluding hydrogens is 262 g/mol. The minimum atomic E-state index is 0.125. The molecule has 0 aliphatic carbocycles. The maximum atomic E-state index is 12.1. The molecule has 1 atom stereocenters. The highest BCUT2D eigenvalue weighted by Crippen LogP contribution is 2.17. The first kappa shape index (κ1) is 14.1. The number of halogens is 1. The number of carbonyl (C=O) groups excluding carboxylic acids is 1. The highest BCUT2D eigenvalue weighted by atomic mass is 35.5. The minimum absolute atomic E-state index is 0.125. The molecule has 0 radical (unpaired) electrons. The van der Waals surface area contributed by atoms with E-state index in [2.05, 4.69) is 16.8 Å². The van der Waals surface area contributed by atoms with Gasteiger partial charge in [-0.3, -0.25) is 4.79 Å². The molecule has 1 aliphatic rings. The van der Waals surface area contributed by atoms with Crippen molar-refractivity contribution in [2.24, 2.45) is 5.92 Å². The van der Waals surface area contributed by atoms with E-state index in [0.29, 0.717) is 5.02 Å². The lowest BCUT2D eigenvalue weighted by atomic mass is 10.1. The Kier molecular flexibility index (Phi) is 4.64. The van der Waals surface area contributed by atoms with Crippen molar-refractivity contribution >= 4 is 23.3 Å². The molecule has 2 heterocycles. The van der Waals surface area contributed by atoms with Crippen LogP contribution in [0.1, 0.15) is 20.3 Å². The summed E-state index contributed by atoms with van der Waals surface area (Å²) in [6, 6.07) is 3.77. The Labute approximate surface area is 119 Å². The molecule has 1 aliphatic heterocycles. The van der Waals surface area contributed by atoms with Gasteiger partial charge < -0.3 is 9.80 Å². The van der Waals surface area contributed by atoms with Gasteiger partial charge in [0.15, 0.2) is 0 Å². The quantitative estimate of drug-likeness (QED) is 0.854. The summed E-state index contributed by atoms with van der Waals surface area (Å²) in [6.07, 6.45) is 2.56. The van der Waals surface area contributed by atoms with Crippen LogP contribution in [0.15, 0.2) is 18.3 Å². The average Bonchev–Trinajstić information content (AvgIpc) is 2.46. The smallest absolute Gasteiger partial charge is 0.225 e. The van der Waals surface area contributed by atoms with Crippen LogP contribution in [0.25, 0.3) is 0 Å². The van der Waals surface area contributed by atoms with Gasteiger partial charge in [0.05, 0.1) is 5.02 Å². The standard InChI is InChI=1S/C14H20ClN3O/c1-3-11(2)14(19)18-8-6-17(7-9-18)13-5-4-12(15)10-16-13/h4-5,10-11H,3,6-9H2,1-2H3. The van der Waals surface area contributed by atoms with Gasteiger partial charge in [-0.25, -0.2) is 4.98 Å². The third kappa shape index (κ3) is 3.38. The third-order valence-electron chi connectivity index (χ3n) is 3.66. The van der Waals surface area contributed by atoms with Crippen LogP contribution in [0, 0.1) is 5.92 Å². The minimum Gasteiger partial charge on any atom is -0.353 e. The van der Waals surface area contributed by atoms with E-state index in [-0.39, 0.29) is 11.8 Å². The lowest BCUT2D eigenvalue weighted by Crippen LogP contribution is -2.50. The molecule has 0 aromatic carbocycles. The first-order chi connectivity index (χ1) is 9.11. The van der Waals surface area contributed by atoms with Gasteiger partial charge in [0.2, 0.25) is 5.91 Å². The van der Waals surface area contributed by atoms with Crippen LogP contribution >= 0.6 is 11.6 Å². The number of anilines is 1. The molecule has 19 heavy (non-hydrogen) atoms. The van der Waals surface area contributed by atoms with E-state index in [9.17, 15) is 4.79 Å². The van der Waals surface area contributed by atoms with Crippen LogP contribution in [-0.4, -0.2) is 42.0 Å². The van der Waals surface area contributed by atoms with E-state index in [1.807, 2.05) is 24.0 Å². The molecule has 0 saturated carbocycles. The Morgan fingerprint density at radius 2 is 2.05 bits per heavy atom. The SMILES string of the molecule is CCC(C)C(=O)N1CCN(c2ccc(Cl)cn2)CC1. The van der Waals surface area contributed by atoms with Gasteiger partial charge in [-0.1, -0.05) is 25.4 Å². The van der Waals surface area contributed by atoms with Gasteiger partial charge in [-0.15, -0.1) is 0 Å². The summed E-state index contributed by atoms with van der Waals surface area (Å²) in [5.41, 5.74) is 0. The van der Waals surface area contributed by atoms with Crippen molar-refractivity contribution in [3.8, 4) is 0 Å². The summed E-state index contributed by atoms with van der Waals surface area (Å²) in [4.78, 5) is 20.6. The predicted molar refractivity (Wildman–Crippen MR) is 77.5 cm³/mol. The predicted octanol–water partition coefficient (Wildman–Crippen LogP) is 2.43. The summed E-state index contributed by atoms with van der Waals surface area (Å²) in [7, 11) is 0. The molecular formula is C14H20ClN3O. The number of hydrogen-bond donors (Lipinski definition) is 0. The fourth-order valence-electron chi connectivity index (χ4n) is 2.20. The number of carbonyl (C=O) groups is 1. The monoisotopic (exact) mass is 281 g/mol. The normalized spacial score (nSPS) is 17.4. The van der Waals surface area contributed by atoms with Crippen LogP contribution in [0.2, 0.25) is 5.02 Å². The Hall–Kier alpha value is -1.29. The first-order valence-electron chi connectivity index (χ1n) is 6.77. The first-order valence-corrected chi connectivity index (χ1v) is 7.15. The van der Waals surface area contributed by atoms with Crippen LogP contribution in [0.4, 0.5) is 5.82 Å². The number of rotatable bonds is 3. The van der Waals surface area contributed by atoms with E-state index >= 15 is 0 Å². The molecule has 1 amide bonds. The molecule has 1 saturated heterocycles. The number of amides is 1. The zero-order valence-electron chi connectivity index (χ0n) is 11.5. The van der Waals surface area contributed by atoms with Crippen LogP contribution < -0.4 is 4.90 Å². The molecule has 1 fully saturated rings. The fraction of sp³-hybridized carbons (Fsp3) is 0.571. The summed E-state index contributed by atoms with van der Waals surface area (Å²) in [5.74, 6) is 1.33. The van der Waals surface area contributed by atoms with Crippen molar-refractivity contribution in [2.45, 2.75) is 20.3 Å². The fourth-order valence-corrected chi connectivity index (χ4v) is 2.31.